The number of non-ortho nitro benzene ring substituents is 1. The van der Waals surface area contributed by atoms with E-state index in [1.807, 2.05) is 30.5 Å². The van der Waals surface area contributed by atoms with Crippen molar-refractivity contribution in [2.75, 3.05) is 32.1 Å². The molecule has 0 saturated carbocycles. The third kappa shape index (κ3) is 4.75. The van der Waals surface area contributed by atoms with Crippen molar-refractivity contribution in [1.29, 1.82) is 0 Å². The van der Waals surface area contributed by atoms with E-state index in [0.29, 0.717) is 18.7 Å². The number of ether oxygens (including phenoxy) is 1. The van der Waals surface area contributed by atoms with Crippen molar-refractivity contribution < 1.29 is 19.2 Å². The van der Waals surface area contributed by atoms with E-state index in [2.05, 4.69) is 10.3 Å². The molecule has 0 bridgehead atoms. The molecule has 0 saturated heterocycles. The number of benzene rings is 2. The number of nitro benzene ring substituents is 1. The number of rotatable bonds is 8. The Labute approximate surface area is 172 Å². The molecule has 2 aromatic carbocycles. The Morgan fingerprint density at radius 2 is 1.97 bits per heavy atom. The van der Waals surface area contributed by atoms with Gasteiger partial charge in [0.2, 0.25) is 0 Å². The largest absolute Gasteiger partial charge is 0.452 e. The van der Waals surface area contributed by atoms with Crippen LogP contribution in [0.1, 0.15) is 15.9 Å². The highest BCUT2D eigenvalue weighted by atomic mass is 16.6. The molecule has 30 heavy (non-hydrogen) atoms. The van der Waals surface area contributed by atoms with Crippen LogP contribution in [0.4, 0.5) is 11.4 Å². The van der Waals surface area contributed by atoms with E-state index in [1.54, 1.807) is 19.0 Å². The third-order valence-electron chi connectivity index (χ3n) is 4.62. The number of aromatic nitrogens is 1. The molecule has 1 heterocycles. The smallest absolute Gasteiger partial charge is 0.341 e. The Morgan fingerprint density at radius 1 is 1.20 bits per heavy atom. The second kappa shape index (κ2) is 9.08. The molecule has 156 valence electrons. The number of nitro groups is 1. The maximum Gasteiger partial charge on any atom is 0.341 e. The molecule has 0 spiro atoms. The molecule has 0 aliphatic rings. The Kier molecular flexibility index (Phi) is 6.31. The number of fused-ring (bicyclic) bond motifs is 1. The van der Waals surface area contributed by atoms with Gasteiger partial charge in [-0.15, -0.1) is 0 Å². The maximum atomic E-state index is 12.4. The van der Waals surface area contributed by atoms with Crippen molar-refractivity contribution in [1.82, 2.24) is 10.3 Å². The fraction of sp³-hybridized carbons (Fsp3) is 0.238. The van der Waals surface area contributed by atoms with Crippen LogP contribution in [0.2, 0.25) is 0 Å². The zero-order valence-electron chi connectivity index (χ0n) is 16.7. The first-order valence-corrected chi connectivity index (χ1v) is 9.31. The molecule has 3 rings (SSSR count). The fourth-order valence-corrected chi connectivity index (χ4v) is 3.13. The van der Waals surface area contributed by atoms with E-state index in [4.69, 9.17) is 4.74 Å². The lowest BCUT2D eigenvalue weighted by molar-refractivity contribution is -0.384. The number of nitrogens with zero attached hydrogens (tertiary/aromatic N) is 2. The quantitative estimate of drug-likeness (QED) is 0.335. The van der Waals surface area contributed by atoms with E-state index >= 15 is 0 Å². The summed E-state index contributed by atoms with van der Waals surface area (Å²) in [6.07, 6.45) is 2.53. The molecule has 1 aromatic heterocycles. The minimum Gasteiger partial charge on any atom is -0.452 e. The van der Waals surface area contributed by atoms with E-state index < -0.39 is 23.4 Å². The Hall–Kier alpha value is -3.88. The second-order valence-electron chi connectivity index (χ2n) is 6.89. The molecule has 0 unspecified atom stereocenters. The molecule has 1 amide bonds. The lowest BCUT2D eigenvalue weighted by atomic mass is 10.1. The van der Waals surface area contributed by atoms with Crippen LogP contribution in [0.15, 0.2) is 48.7 Å². The molecule has 0 atom stereocenters. The number of amides is 1. The number of para-hydroxylation sites is 1. The standard InChI is InChI=1S/C21H22N4O5/c1-24(2)19-8-7-15(25(28)29)11-17(19)21(27)30-13-20(26)22-10-9-14-12-23-18-6-4-3-5-16(14)18/h3-8,11-12,23H,9-10,13H2,1-2H3,(H,22,26). The third-order valence-corrected chi connectivity index (χ3v) is 4.62. The summed E-state index contributed by atoms with van der Waals surface area (Å²) in [4.78, 5) is 39.7. The normalized spacial score (nSPS) is 10.6. The molecule has 0 fully saturated rings. The first-order valence-electron chi connectivity index (χ1n) is 9.31. The van der Waals surface area contributed by atoms with Crippen LogP contribution in [0, 0.1) is 10.1 Å². The van der Waals surface area contributed by atoms with Crippen molar-refractivity contribution in [3.63, 3.8) is 0 Å². The number of nitrogens with one attached hydrogen (secondary N) is 2. The monoisotopic (exact) mass is 410 g/mol. The van der Waals surface area contributed by atoms with Gasteiger partial charge in [0.05, 0.1) is 16.2 Å². The minimum atomic E-state index is -0.797. The van der Waals surface area contributed by atoms with Crippen LogP contribution in [0.25, 0.3) is 10.9 Å². The summed E-state index contributed by atoms with van der Waals surface area (Å²) in [5, 5.41) is 14.8. The highest BCUT2D eigenvalue weighted by molar-refractivity contribution is 5.97. The zero-order valence-corrected chi connectivity index (χ0v) is 16.7. The summed E-state index contributed by atoms with van der Waals surface area (Å²) < 4.78 is 5.07. The van der Waals surface area contributed by atoms with Gasteiger partial charge in [-0.05, 0) is 24.1 Å². The summed E-state index contributed by atoms with van der Waals surface area (Å²) in [5.41, 5.74) is 2.37. The van der Waals surface area contributed by atoms with Crippen molar-refractivity contribution in [2.45, 2.75) is 6.42 Å². The van der Waals surface area contributed by atoms with Gasteiger partial charge >= 0.3 is 5.97 Å². The predicted octanol–water partition coefficient (Wildman–Crippen LogP) is 2.66. The SMILES string of the molecule is CN(C)c1ccc([N+](=O)[O-])cc1C(=O)OCC(=O)NCCc1c[nH]c2ccccc12. The van der Waals surface area contributed by atoms with Crippen molar-refractivity contribution in [3.05, 3.63) is 69.9 Å². The molecule has 0 aliphatic heterocycles. The Morgan fingerprint density at radius 3 is 2.70 bits per heavy atom. The number of esters is 1. The summed E-state index contributed by atoms with van der Waals surface area (Å²) in [6, 6.07) is 11.8. The summed E-state index contributed by atoms with van der Waals surface area (Å²) in [6.45, 7) is -0.0831. The van der Waals surface area contributed by atoms with E-state index in [9.17, 15) is 19.7 Å². The molecule has 9 heteroatoms. The van der Waals surface area contributed by atoms with Gasteiger partial charge in [0.1, 0.15) is 0 Å². The van der Waals surface area contributed by atoms with Crippen LogP contribution in [-0.2, 0) is 16.0 Å². The van der Waals surface area contributed by atoms with Gasteiger partial charge in [-0.3, -0.25) is 14.9 Å². The lowest BCUT2D eigenvalue weighted by Gasteiger charge is -2.16. The van der Waals surface area contributed by atoms with E-state index in [1.165, 1.54) is 12.1 Å². The van der Waals surface area contributed by atoms with Gasteiger partial charge in [-0.1, -0.05) is 18.2 Å². The van der Waals surface area contributed by atoms with Crippen molar-refractivity contribution in [3.8, 4) is 0 Å². The molecule has 0 radical (unpaired) electrons. The number of hydrogen-bond acceptors (Lipinski definition) is 6. The summed E-state index contributed by atoms with van der Waals surface area (Å²) in [5.74, 6) is -1.24. The average Bonchev–Trinajstić information content (AvgIpc) is 3.14. The highest BCUT2D eigenvalue weighted by Gasteiger charge is 2.20. The molecular weight excluding hydrogens is 388 g/mol. The first kappa shape index (κ1) is 20.8. The number of anilines is 1. The Balaban J connectivity index is 1.55. The Bertz CT molecular complexity index is 1090. The average molecular weight is 410 g/mol. The van der Waals surface area contributed by atoms with Gasteiger partial charge in [-0.25, -0.2) is 4.79 Å². The number of H-pyrrole nitrogens is 1. The minimum absolute atomic E-state index is 0.0285. The van der Waals surface area contributed by atoms with Crippen LogP contribution in [0.5, 0.6) is 0 Å². The van der Waals surface area contributed by atoms with Crippen molar-refractivity contribution in [2.24, 2.45) is 0 Å². The second-order valence-corrected chi connectivity index (χ2v) is 6.89. The van der Waals surface area contributed by atoms with Gasteiger partial charge in [0.25, 0.3) is 11.6 Å². The van der Waals surface area contributed by atoms with Crippen molar-refractivity contribution >= 4 is 34.2 Å². The van der Waals surface area contributed by atoms with Crippen LogP contribution in [0.3, 0.4) is 0 Å². The summed E-state index contributed by atoms with van der Waals surface area (Å²) >= 11 is 0. The molecule has 3 aromatic rings. The molecule has 9 nitrogen and oxygen atoms in total. The maximum absolute atomic E-state index is 12.4. The van der Waals surface area contributed by atoms with Gasteiger partial charge in [0, 0.05) is 49.9 Å². The zero-order chi connectivity index (χ0) is 21.7. The topological polar surface area (TPSA) is 118 Å². The van der Waals surface area contributed by atoms with Gasteiger partial charge < -0.3 is 19.9 Å². The lowest BCUT2D eigenvalue weighted by Crippen LogP contribution is -2.30. The molecular formula is C21H22N4O5. The highest BCUT2D eigenvalue weighted by Crippen LogP contribution is 2.25. The van der Waals surface area contributed by atoms with E-state index in [-0.39, 0.29) is 11.3 Å². The molecule has 2 N–H and O–H groups in total. The molecule has 0 aliphatic carbocycles. The predicted molar refractivity (Wildman–Crippen MR) is 113 cm³/mol. The first-order chi connectivity index (χ1) is 14.4. The van der Waals surface area contributed by atoms with Gasteiger partial charge in [-0.2, -0.15) is 0 Å². The number of carbonyl (C=O) groups is 2. The number of aromatic amines is 1. The van der Waals surface area contributed by atoms with E-state index in [0.717, 1.165) is 22.5 Å². The van der Waals surface area contributed by atoms with Crippen LogP contribution >= 0.6 is 0 Å². The van der Waals surface area contributed by atoms with Gasteiger partial charge in [0.15, 0.2) is 6.61 Å². The van der Waals surface area contributed by atoms with Crippen LogP contribution < -0.4 is 10.2 Å². The van der Waals surface area contributed by atoms with Crippen LogP contribution in [-0.4, -0.2) is 49.0 Å². The number of hydrogen-bond donors (Lipinski definition) is 2. The fourth-order valence-electron chi connectivity index (χ4n) is 3.13. The number of carbonyl (C=O) groups excluding carboxylic acids is 2. The summed E-state index contributed by atoms with van der Waals surface area (Å²) in [7, 11) is 3.41.